The van der Waals surface area contributed by atoms with E-state index in [2.05, 4.69) is 50.8 Å². The van der Waals surface area contributed by atoms with Gasteiger partial charge in [0.1, 0.15) is 12.4 Å². The van der Waals surface area contributed by atoms with Crippen molar-refractivity contribution in [2.45, 2.75) is 52.4 Å². The molecule has 111 valence electrons. The van der Waals surface area contributed by atoms with Gasteiger partial charge < -0.3 is 4.74 Å². The van der Waals surface area contributed by atoms with E-state index in [9.17, 15) is 0 Å². The SMILES string of the molecule is CC(C)c1[c]c(C(C)C)cc(OCCN2CCCC2)c1. The van der Waals surface area contributed by atoms with E-state index in [1.54, 1.807) is 0 Å². The second-order valence-corrected chi connectivity index (χ2v) is 6.43. The van der Waals surface area contributed by atoms with Crippen LogP contribution in [0.2, 0.25) is 0 Å². The maximum Gasteiger partial charge on any atom is 0.119 e. The second kappa shape index (κ2) is 7.12. The van der Waals surface area contributed by atoms with Crippen LogP contribution >= 0.6 is 0 Å². The average molecular weight is 274 g/mol. The Balaban J connectivity index is 1.98. The summed E-state index contributed by atoms with van der Waals surface area (Å²) in [7, 11) is 0. The minimum absolute atomic E-state index is 0.495. The van der Waals surface area contributed by atoms with Gasteiger partial charge in [-0.3, -0.25) is 4.90 Å². The zero-order valence-corrected chi connectivity index (χ0v) is 13.4. The summed E-state index contributed by atoms with van der Waals surface area (Å²) < 4.78 is 5.99. The molecule has 0 spiro atoms. The summed E-state index contributed by atoms with van der Waals surface area (Å²) in [5.74, 6) is 2.00. The predicted molar refractivity (Wildman–Crippen MR) is 84.6 cm³/mol. The number of likely N-dealkylation sites (tertiary alicyclic amines) is 1. The molecule has 1 aliphatic heterocycles. The molecule has 0 saturated carbocycles. The quantitative estimate of drug-likeness (QED) is 0.770. The van der Waals surface area contributed by atoms with Crippen LogP contribution in [-0.2, 0) is 0 Å². The smallest absolute Gasteiger partial charge is 0.119 e. The van der Waals surface area contributed by atoms with E-state index in [4.69, 9.17) is 4.74 Å². The summed E-state index contributed by atoms with van der Waals surface area (Å²) in [6.45, 7) is 13.2. The summed E-state index contributed by atoms with van der Waals surface area (Å²) in [6, 6.07) is 7.83. The molecule has 1 fully saturated rings. The molecule has 0 aromatic heterocycles. The fraction of sp³-hybridized carbons (Fsp3) is 0.667. The number of ether oxygens (including phenoxy) is 1. The lowest BCUT2D eigenvalue weighted by Crippen LogP contribution is -2.25. The fourth-order valence-corrected chi connectivity index (χ4v) is 2.59. The Kier molecular flexibility index (Phi) is 5.47. The number of hydrogen-bond acceptors (Lipinski definition) is 2. The van der Waals surface area contributed by atoms with Crippen molar-refractivity contribution in [2.24, 2.45) is 0 Å². The molecule has 1 saturated heterocycles. The molecule has 0 bridgehead atoms. The van der Waals surface area contributed by atoms with Crippen LogP contribution in [0.5, 0.6) is 5.75 Å². The van der Waals surface area contributed by atoms with Crippen molar-refractivity contribution in [3.8, 4) is 5.75 Å². The van der Waals surface area contributed by atoms with E-state index in [0.29, 0.717) is 11.8 Å². The van der Waals surface area contributed by atoms with Crippen LogP contribution in [0.3, 0.4) is 0 Å². The first kappa shape index (κ1) is 15.4. The van der Waals surface area contributed by atoms with Gasteiger partial charge in [0, 0.05) is 6.54 Å². The van der Waals surface area contributed by atoms with Gasteiger partial charge in [-0.1, -0.05) is 27.7 Å². The highest BCUT2D eigenvalue weighted by molar-refractivity contribution is 5.36. The van der Waals surface area contributed by atoms with Crippen LogP contribution < -0.4 is 4.74 Å². The van der Waals surface area contributed by atoms with Gasteiger partial charge in [0.25, 0.3) is 0 Å². The second-order valence-electron chi connectivity index (χ2n) is 6.43. The average Bonchev–Trinajstić information content (AvgIpc) is 2.91. The highest BCUT2D eigenvalue weighted by Crippen LogP contribution is 2.26. The van der Waals surface area contributed by atoms with Crippen molar-refractivity contribution >= 4 is 0 Å². The molecule has 0 N–H and O–H groups in total. The first-order chi connectivity index (χ1) is 9.56. The van der Waals surface area contributed by atoms with E-state index < -0.39 is 0 Å². The van der Waals surface area contributed by atoms with Crippen molar-refractivity contribution in [3.05, 3.63) is 29.3 Å². The minimum atomic E-state index is 0.495. The van der Waals surface area contributed by atoms with Gasteiger partial charge in [0.2, 0.25) is 0 Å². The molecular weight excluding hydrogens is 246 g/mol. The van der Waals surface area contributed by atoms with E-state index in [1.165, 1.54) is 37.1 Å². The van der Waals surface area contributed by atoms with Crippen LogP contribution in [-0.4, -0.2) is 31.1 Å². The molecular formula is C18H28NO. The van der Waals surface area contributed by atoms with Crippen LogP contribution in [0.4, 0.5) is 0 Å². The van der Waals surface area contributed by atoms with Gasteiger partial charge in [-0.25, -0.2) is 0 Å². The van der Waals surface area contributed by atoms with Crippen LogP contribution in [0.1, 0.15) is 63.5 Å². The van der Waals surface area contributed by atoms with E-state index in [-0.39, 0.29) is 0 Å². The monoisotopic (exact) mass is 274 g/mol. The molecule has 1 radical (unpaired) electrons. The van der Waals surface area contributed by atoms with Crippen molar-refractivity contribution in [1.29, 1.82) is 0 Å². The lowest BCUT2D eigenvalue weighted by Gasteiger charge is -2.17. The largest absolute Gasteiger partial charge is 0.492 e. The molecule has 0 unspecified atom stereocenters. The van der Waals surface area contributed by atoms with Crippen LogP contribution in [0.15, 0.2) is 12.1 Å². The summed E-state index contributed by atoms with van der Waals surface area (Å²) in [5.41, 5.74) is 2.51. The van der Waals surface area contributed by atoms with Gasteiger partial charge in [0.15, 0.2) is 0 Å². The Morgan fingerprint density at radius 2 is 1.60 bits per heavy atom. The number of benzene rings is 1. The van der Waals surface area contributed by atoms with Crippen molar-refractivity contribution in [1.82, 2.24) is 4.90 Å². The Morgan fingerprint density at radius 3 is 2.10 bits per heavy atom. The van der Waals surface area contributed by atoms with Crippen molar-refractivity contribution < 1.29 is 4.74 Å². The molecule has 2 rings (SSSR count). The van der Waals surface area contributed by atoms with Gasteiger partial charge in [-0.2, -0.15) is 0 Å². The van der Waals surface area contributed by atoms with Gasteiger partial charge in [-0.05, 0) is 67.1 Å². The number of nitrogens with zero attached hydrogens (tertiary/aromatic N) is 1. The Hall–Kier alpha value is -1.02. The molecule has 0 atom stereocenters. The molecule has 1 aromatic rings. The highest BCUT2D eigenvalue weighted by atomic mass is 16.5. The summed E-state index contributed by atoms with van der Waals surface area (Å²) in [6.07, 6.45) is 2.69. The summed E-state index contributed by atoms with van der Waals surface area (Å²) in [5, 5.41) is 0. The van der Waals surface area contributed by atoms with Gasteiger partial charge >= 0.3 is 0 Å². The van der Waals surface area contributed by atoms with Crippen molar-refractivity contribution in [2.75, 3.05) is 26.2 Å². The highest BCUT2D eigenvalue weighted by Gasteiger charge is 2.12. The number of rotatable bonds is 6. The zero-order valence-electron chi connectivity index (χ0n) is 13.4. The minimum Gasteiger partial charge on any atom is -0.492 e. The third-order valence-corrected chi connectivity index (χ3v) is 4.00. The molecule has 2 heteroatoms. The fourth-order valence-electron chi connectivity index (χ4n) is 2.59. The lowest BCUT2D eigenvalue weighted by molar-refractivity contribution is 0.237. The third-order valence-electron chi connectivity index (χ3n) is 4.00. The van der Waals surface area contributed by atoms with Crippen LogP contribution in [0.25, 0.3) is 0 Å². The maximum atomic E-state index is 5.99. The third kappa shape index (κ3) is 4.24. The van der Waals surface area contributed by atoms with E-state index in [0.717, 1.165) is 18.9 Å². The molecule has 2 nitrogen and oxygen atoms in total. The first-order valence-corrected chi connectivity index (χ1v) is 7.98. The molecule has 1 heterocycles. The lowest BCUT2D eigenvalue weighted by atomic mass is 9.95. The van der Waals surface area contributed by atoms with Crippen molar-refractivity contribution in [3.63, 3.8) is 0 Å². The molecule has 1 aliphatic rings. The Bertz CT molecular complexity index is 393. The summed E-state index contributed by atoms with van der Waals surface area (Å²) >= 11 is 0. The first-order valence-electron chi connectivity index (χ1n) is 7.98. The Morgan fingerprint density at radius 1 is 1.05 bits per heavy atom. The predicted octanol–water partition coefficient (Wildman–Crippen LogP) is 4.21. The zero-order chi connectivity index (χ0) is 14.5. The molecule has 20 heavy (non-hydrogen) atoms. The maximum absolute atomic E-state index is 5.99. The topological polar surface area (TPSA) is 12.5 Å². The van der Waals surface area contributed by atoms with E-state index in [1.807, 2.05) is 0 Å². The standard InChI is InChI=1S/C18H28NO/c1-14(2)16-11-17(15(3)4)13-18(12-16)20-10-9-19-7-5-6-8-19/h12-15H,5-10H2,1-4H3. The van der Waals surface area contributed by atoms with Gasteiger partial charge in [-0.15, -0.1) is 0 Å². The van der Waals surface area contributed by atoms with E-state index >= 15 is 0 Å². The summed E-state index contributed by atoms with van der Waals surface area (Å²) in [4.78, 5) is 2.49. The molecule has 0 amide bonds. The number of hydrogen-bond donors (Lipinski definition) is 0. The van der Waals surface area contributed by atoms with Gasteiger partial charge in [0.05, 0.1) is 0 Å². The molecule has 0 aliphatic carbocycles. The normalized spacial score (nSPS) is 16.3. The molecule has 1 aromatic carbocycles. The Labute approximate surface area is 124 Å². The van der Waals surface area contributed by atoms with Crippen LogP contribution in [0, 0.1) is 6.07 Å².